The van der Waals surface area contributed by atoms with Crippen molar-refractivity contribution in [2.24, 2.45) is 5.73 Å². The molecule has 0 heterocycles. The van der Waals surface area contributed by atoms with Gasteiger partial charge in [0, 0.05) is 12.0 Å². The lowest BCUT2D eigenvalue weighted by atomic mass is 10.1. The number of nitrogens with two attached hydrogens (primary N) is 1. The van der Waals surface area contributed by atoms with Gasteiger partial charge in [-0.2, -0.15) is 0 Å². The Labute approximate surface area is 141 Å². The molecule has 1 unspecified atom stereocenters. The highest BCUT2D eigenvalue weighted by Crippen LogP contribution is 2.41. The second kappa shape index (κ2) is 7.16. The number of carbonyl (C=O) groups is 1. The van der Waals surface area contributed by atoms with Gasteiger partial charge in [-0.1, -0.05) is 36.4 Å². The van der Waals surface area contributed by atoms with E-state index in [-0.39, 0.29) is 12.5 Å². The first-order valence-electron chi connectivity index (χ1n) is 7.86. The van der Waals surface area contributed by atoms with Crippen LogP contribution in [0.25, 0.3) is 4.85 Å². The number of primary amides is 1. The Morgan fingerprint density at radius 2 is 1.92 bits per heavy atom. The first-order valence-corrected chi connectivity index (χ1v) is 7.86. The van der Waals surface area contributed by atoms with E-state index in [1.54, 1.807) is 12.1 Å². The lowest BCUT2D eigenvalue weighted by molar-refractivity contribution is -0.117. The summed E-state index contributed by atoms with van der Waals surface area (Å²) in [5.74, 6) is 0.934. The van der Waals surface area contributed by atoms with E-state index in [1.165, 1.54) is 5.56 Å². The zero-order valence-corrected chi connectivity index (χ0v) is 13.2. The van der Waals surface area contributed by atoms with E-state index in [0.717, 1.165) is 17.7 Å². The van der Waals surface area contributed by atoms with Gasteiger partial charge in [0.05, 0.1) is 13.1 Å². The quantitative estimate of drug-likeness (QED) is 0.771. The summed E-state index contributed by atoms with van der Waals surface area (Å²) in [5.41, 5.74) is 8.04. The average Bonchev–Trinajstić information content (AvgIpc) is 3.39. The summed E-state index contributed by atoms with van der Waals surface area (Å²) < 4.78 is 5.77. The van der Waals surface area contributed by atoms with Crippen LogP contribution in [0.4, 0.5) is 5.69 Å². The summed E-state index contributed by atoms with van der Waals surface area (Å²) in [5, 5.41) is 3.15. The van der Waals surface area contributed by atoms with Crippen molar-refractivity contribution in [3.63, 3.8) is 0 Å². The van der Waals surface area contributed by atoms with E-state index in [4.69, 9.17) is 17.0 Å². The maximum Gasteiger partial charge on any atom is 0.231 e. The van der Waals surface area contributed by atoms with Crippen molar-refractivity contribution < 1.29 is 9.53 Å². The lowest BCUT2D eigenvalue weighted by Crippen LogP contribution is -2.30. The highest BCUT2D eigenvalue weighted by molar-refractivity contribution is 5.76. The molecule has 24 heavy (non-hydrogen) atoms. The first-order chi connectivity index (χ1) is 11.7. The third kappa shape index (κ3) is 4.12. The van der Waals surface area contributed by atoms with E-state index in [0.29, 0.717) is 24.3 Å². The molecule has 0 radical (unpaired) electrons. The molecule has 2 atom stereocenters. The van der Waals surface area contributed by atoms with E-state index in [2.05, 4.69) is 22.3 Å². The molecule has 3 N–H and O–H groups in total. The Morgan fingerprint density at radius 1 is 1.21 bits per heavy atom. The fourth-order valence-corrected chi connectivity index (χ4v) is 2.67. The smallest absolute Gasteiger partial charge is 0.231 e. The molecule has 0 saturated heterocycles. The normalized spacial score (nSPS) is 18.6. The summed E-state index contributed by atoms with van der Waals surface area (Å²) in [4.78, 5) is 14.1. The van der Waals surface area contributed by atoms with Gasteiger partial charge in [-0.05, 0) is 29.7 Å². The van der Waals surface area contributed by atoms with Gasteiger partial charge in [0.1, 0.15) is 12.4 Å². The molecule has 122 valence electrons. The number of hydrogen-bond acceptors (Lipinski definition) is 3. The number of ether oxygens (including phenoxy) is 1. The third-order valence-corrected chi connectivity index (χ3v) is 4.11. The van der Waals surface area contributed by atoms with Crippen LogP contribution in [0.3, 0.4) is 0 Å². The number of rotatable bonds is 7. The van der Waals surface area contributed by atoms with Crippen LogP contribution in [0, 0.1) is 6.57 Å². The lowest BCUT2D eigenvalue weighted by Gasteiger charge is -2.08. The third-order valence-electron chi connectivity index (χ3n) is 4.11. The molecule has 1 aliphatic carbocycles. The molecule has 3 rings (SSSR count). The summed E-state index contributed by atoms with van der Waals surface area (Å²) in [6.45, 7) is 7.65. The number of amides is 1. The van der Waals surface area contributed by atoms with Gasteiger partial charge >= 0.3 is 0 Å². The van der Waals surface area contributed by atoms with Crippen LogP contribution in [-0.2, 0) is 11.4 Å². The van der Waals surface area contributed by atoms with Crippen molar-refractivity contribution in [1.29, 1.82) is 0 Å². The van der Waals surface area contributed by atoms with E-state index >= 15 is 0 Å². The van der Waals surface area contributed by atoms with Gasteiger partial charge in [-0.25, -0.2) is 4.85 Å². The molecule has 2 aromatic carbocycles. The van der Waals surface area contributed by atoms with E-state index in [9.17, 15) is 4.79 Å². The molecule has 1 saturated carbocycles. The van der Waals surface area contributed by atoms with Gasteiger partial charge in [0.15, 0.2) is 5.69 Å². The second-order valence-electron chi connectivity index (χ2n) is 5.93. The fourth-order valence-electron chi connectivity index (χ4n) is 2.67. The molecule has 0 bridgehead atoms. The topological polar surface area (TPSA) is 68.7 Å². The molecule has 0 spiro atoms. The van der Waals surface area contributed by atoms with Crippen LogP contribution in [-0.4, -0.2) is 18.5 Å². The summed E-state index contributed by atoms with van der Waals surface area (Å²) in [6, 6.07) is 15.8. The molecule has 1 amide bonds. The molecule has 5 heteroatoms. The van der Waals surface area contributed by atoms with Gasteiger partial charge in [0.25, 0.3) is 0 Å². The zero-order valence-electron chi connectivity index (χ0n) is 13.2. The second-order valence-corrected chi connectivity index (χ2v) is 5.93. The van der Waals surface area contributed by atoms with Crippen molar-refractivity contribution in [2.75, 3.05) is 6.54 Å². The Morgan fingerprint density at radius 3 is 2.54 bits per heavy atom. The van der Waals surface area contributed by atoms with Crippen molar-refractivity contribution in [3.05, 3.63) is 71.1 Å². The summed E-state index contributed by atoms with van der Waals surface area (Å²) >= 11 is 0. The average molecular weight is 321 g/mol. The highest BCUT2D eigenvalue weighted by atomic mass is 16.5. The largest absolute Gasteiger partial charge is 0.489 e. The minimum atomic E-state index is -0.325. The van der Waals surface area contributed by atoms with Crippen molar-refractivity contribution in [1.82, 2.24) is 5.32 Å². The molecular formula is C19H19N3O2. The predicted octanol–water partition coefficient (Wildman–Crippen LogP) is 2.75. The number of benzene rings is 2. The van der Waals surface area contributed by atoms with Crippen LogP contribution in [0.2, 0.25) is 0 Å². The molecule has 1 fully saturated rings. The van der Waals surface area contributed by atoms with Crippen LogP contribution < -0.4 is 15.8 Å². The predicted molar refractivity (Wildman–Crippen MR) is 91.8 cm³/mol. The van der Waals surface area contributed by atoms with Crippen LogP contribution in [0.15, 0.2) is 48.5 Å². The van der Waals surface area contributed by atoms with Crippen molar-refractivity contribution in [2.45, 2.75) is 25.0 Å². The minimum absolute atomic E-state index is 0.231. The number of nitrogens with one attached hydrogen (secondary N) is 1. The maximum absolute atomic E-state index is 10.8. The van der Waals surface area contributed by atoms with Crippen LogP contribution in [0.1, 0.15) is 23.5 Å². The number of carbonyl (C=O) groups excluding carboxylic acids is 1. The first kappa shape index (κ1) is 16.0. The van der Waals surface area contributed by atoms with Gasteiger partial charge in [0.2, 0.25) is 5.91 Å². The van der Waals surface area contributed by atoms with Gasteiger partial charge in [-0.15, -0.1) is 0 Å². The molecule has 1 aliphatic rings. The van der Waals surface area contributed by atoms with Crippen molar-refractivity contribution >= 4 is 11.6 Å². The summed E-state index contributed by atoms with van der Waals surface area (Å²) in [7, 11) is 0. The van der Waals surface area contributed by atoms with Gasteiger partial charge < -0.3 is 15.8 Å². The zero-order chi connectivity index (χ0) is 16.9. The number of hydrogen-bond donors (Lipinski definition) is 2. The van der Waals surface area contributed by atoms with Gasteiger partial charge in [-0.3, -0.25) is 4.79 Å². The number of nitrogens with zero attached hydrogens (tertiary/aromatic N) is 1. The Balaban J connectivity index is 1.50. The molecule has 5 nitrogen and oxygen atoms in total. The van der Waals surface area contributed by atoms with E-state index < -0.39 is 0 Å². The molecule has 2 aromatic rings. The maximum atomic E-state index is 10.8. The van der Waals surface area contributed by atoms with Crippen molar-refractivity contribution in [3.8, 4) is 5.75 Å². The Kier molecular flexibility index (Phi) is 4.78. The Bertz CT molecular complexity index is 748. The van der Waals surface area contributed by atoms with Crippen LogP contribution in [0.5, 0.6) is 5.75 Å². The summed E-state index contributed by atoms with van der Waals surface area (Å²) in [6.07, 6.45) is 1.03. The molecule has 0 aromatic heterocycles. The SMILES string of the molecule is [C-]#[N+]c1ccc(COc2ccc(C3C[C@@H]3NCC(N)=O)cc2)cc1. The highest BCUT2D eigenvalue weighted by Gasteiger charge is 2.37. The molecular weight excluding hydrogens is 302 g/mol. The van der Waals surface area contributed by atoms with E-state index in [1.807, 2.05) is 24.3 Å². The fraction of sp³-hybridized carbons (Fsp3) is 0.263. The molecule has 0 aliphatic heterocycles. The standard InChI is InChI=1S/C19H19N3O2/c1-21-15-6-2-13(3-7-15)12-24-16-8-4-14(5-9-16)17-10-18(17)22-11-19(20)23/h2-9,17-18,22H,10-12H2,(H2,20,23)/t17?,18-/m0/s1. The Hall–Kier alpha value is -2.84. The minimum Gasteiger partial charge on any atom is -0.489 e. The monoisotopic (exact) mass is 321 g/mol. The van der Waals surface area contributed by atoms with Crippen LogP contribution >= 0.6 is 0 Å².